The van der Waals surface area contributed by atoms with Gasteiger partial charge in [-0.05, 0) is 31.5 Å². The van der Waals surface area contributed by atoms with E-state index in [9.17, 15) is 14.6 Å². The zero-order valence-electron chi connectivity index (χ0n) is 9.57. The molecule has 4 heteroatoms. The highest BCUT2D eigenvalue weighted by molar-refractivity contribution is 5.34. The molecular weight excluding hydrogens is 209 g/mol. The normalized spacial score (nSPS) is 14.8. The number of benzene rings is 1. The van der Waals surface area contributed by atoms with Gasteiger partial charge in [-0.3, -0.25) is 0 Å². The number of halogens is 1. The van der Waals surface area contributed by atoms with E-state index in [1.165, 1.54) is 18.2 Å². The van der Waals surface area contributed by atoms with E-state index < -0.39 is 6.10 Å². The van der Waals surface area contributed by atoms with E-state index in [1.807, 2.05) is 13.8 Å². The third-order valence-corrected chi connectivity index (χ3v) is 2.59. The molecule has 2 unspecified atom stereocenters. The number of hydrogen-bond donors (Lipinski definition) is 3. The summed E-state index contributed by atoms with van der Waals surface area (Å²) < 4.78 is 13.0. The highest BCUT2D eigenvalue weighted by atomic mass is 19.1. The van der Waals surface area contributed by atoms with Crippen molar-refractivity contribution in [3.05, 3.63) is 29.6 Å². The van der Waals surface area contributed by atoms with Gasteiger partial charge in [0.2, 0.25) is 0 Å². The van der Waals surface area contributed by atoms with E-state index in [0.717, 1.165) is 0 Å². The lowest BCUT2D eigenvalue weighted by Crippen LogP contribution is -2.28. The topological polar surface area (TPSA) is 52.5 Å². The van der Waals surface area contributed by atoms with E-state index in [1.54, 1.807) is 0 Å². The van der Waals surface area contributed by atoms with E-state index in [2.05, 4.69) is 5.32 Å². The van der Waals surface area contributed by atoms with Crippen LogP contribution in [-0.2, 0) is 0 Å². The molecule has 1 aromatic rings. The predicted molar refractivity (Wildman–Crippen MR) is 60.8 cm³/mol. The van der Waals surface area contributed by atoms with Crippen molar-refractivity contribution in [1.29, 1.82) is 0 Å². The first-order chi connectivity index (χ1) is 7.54. The molecule has 0 aliphatic heterocycles. The second kappa shape index (κ2) is 5.82. The molecule has 0 amide bonds. The molecule has 0 saturated carbocycles. The van der Waals surface area contributed by atoms with Gasteiger partial charge in [0.1, 0.15) is 11.6 Å². The lowest BCUT2D eigenvalue weighted by molar-refractivity contribution is 0.163. The second-order valence-corrected chi connectivity index (χ2v) is 3.90. The molecule has 0 fully saturated rings. The Labute approximate surface area is 94.9 Å². The Hall–Kier alpha value is -1.13. The van der Waals surface area contributed by atoms with E-state index >= 15 is 0 Å². The molecule has 1 aromatic carbocycles. The number of phenolic OH excluding ortho intramolecular Hbond substituents is 1. The summed E-state index contributed by atoms with van der Waals surface area (Å²) in [6, 6.07) is 3.65. The third-order valence-electron chi connectivity index (χ3n) is 2.59. The second-order valence-electron chi connectivity index (χ2n) is 3.90. The van der Waals surface area contributed by atoms with Crippen LogP contribution >= 0.6 is 0 Å². The molecular formula is C12H18FNO2. The molecule has 16 heavy (non-hydrogen) atoms. The summed E-state index contributed by atoms with van der Waals surface area (Å²) in [7, 11) is 0. The minimum atomic E-state index is -0.418. The summed E-state index contributed by atoms with van der Waals surface area (Å²) >= 11 is 0. The molecule has 0 aliphatic carbocycles. The van der Waals surface area contributed by atoms with Gasteiger partial charge in [-0.25, -0.2) is 4.39 Å². The fourth-order valence-corrected chi connectivity index (χ4v) is 1.44. The fourth-order valence-electron chi connectivity index (χ4n) is 1.44. The maximum atomic E-state index is 13.0. The van der Waals surface area contributed by atoms with Gasteiger partial charge < -0.3 is 15.5 Å². The molecule has 1 rings (SSSR count). The fraction of sp³-hybridized carbons (Fsp3) is 0.500. The summed E-state index contributed by atoms with van der Waals surface area (Å²) in [5.74, 6) is -0.315. The number of aliphatic hydroxyl groups is 1. The van der Waals surface area contributed by atoms with Gasteiger partial charge in [-0.15, -0.1) is 0 Å². The maximum Gasteiger partial charge on any atom is 0.123 e. The highest BCUT2D eigenvalue weighted by Crippen LogP contribution is 2.24. The number of rotatable bonds is 5. The minimum absolute atomic E-state index is 0.0624. The van der Waals surface area contributed by atoms with Gasteiger partial charge in [0, 0.05) is 18.2 Å². The molecule has 0 spiro atoms. The molecule has 0 aliphatic rings. The van der Waals surface area contributed by atoms with Crippen molar-refractivity contribution in [2.24, 2.45) is 0 Å². The number of aliphatic hydroxyl groups excluding tert-OH is 1. The number of aromatic hydroxyl groups is 1. The van der Waals surface area contributed by atoms with Crippen LogP contribution in [0.3, 0.4) is 0 Å². The van der Waals surface area contributed by atoms with Crippen LogP contribution in [0, 0.1) is 5.82 Å². The molecule has 2 atom stereocenters. The van der Waals surface area contributed by atoms with Crippen LogP contribution in [0.4, 0.5) is 4.39 Å². The standard InChI is InChI=1S/C12H18FNO2/c1-3-10(15)7-14-8(2)11-6-9(13)4-5-12(11)16/h4-6,8,10,14-16H,3,7H2,1-2H3. The Balaban J connectivity index is 2.65. The van der Waals surface area contributed by atoms with Crippen LogP contribution in [-0.4, -0.2) is 22.9 Å². The first-order valence-electron chi connectivity index (χ1n) is 5.44. The molecule has 0 saturated heterocycles. The number of nitrogens with one attached hydrogen (secondary N) is 1. The van der Waals surface area contributed by atoms with E-state index in [0.29, 0.717) is 18.5 Å². The van der Waals surface area contributed by atoms with Crippen molar-refractivity contribution in [3.8, 4) is 5.75 Å². The monoisotopic (exact) mass is 227 g/mol. The number of phenols is 1. The van der Waals surface area contributed by atoms with Crippen molar-refractivity contribution in [3.63, 3.8) is 0 Å². The SMILES string of the molecule is CCC(O)CNC(C)c1cc(F)ccc1O. The summed E-state index contributed by atoms with van der Waals surface area (Å²) in [6.07, 6.45) is 0.243. The molecule has 0 heterocycles. The van der Waals surface area contributed by atoms with Gasteiger partial charge in [0.25, 0.3) is 0 Å². The van der Waals surface area contributed by atoms with Crippen molar-refractivity contribution in [2.75, 3.05) is 6.54 Å². The van der Waals surface area contributed by atoms with Crippen molar-refractivity contribution < 1.29 is 14.6 Å². The molecule has 0 aromatic heterocycles. The third kappa shape index (κ3) is 3.47. The van der Waals surface area contributed by atoms with Crippen LogP contribution in [0.15, 0.2) is 18.2 Å². The average molecular weight is 227 g/mol. The van der Waals surface area contributed by atoms with Crippen LogP contribution in [0.2, 0.25) is 0 Å². The van der Waals surface area contributed by atoms with Crippen LogP contribution in [0.1, 0.15) is 31.9 Å². The smallest absolute Gasteiger partial charge is 0.123 e. The molecule has 0 radical (unpaired) electrons. The largest absolute Gasteiger partial charge is 0.508 e. The first-order valence-corrected chi connectivity index (χ1v) is 5.44. The van der Waals surface area contributed by atoms with Crippen LogP contribution < -0.4 is 5.32 Å². The van der Waals surface area contributed by atoms with E-state index in [-0.39, 0.29) is 17.6 Å². The summed E-state index contributed by atoms with van der Waals surface area (Å²) in [5.41, 5.74) is 0.503. The summed E-state index contributed by atoms with van der Waals surface area (Å²) in [6.45, 7) is 4.13. The Morgan fingerprint density at radius 3 is 2.75 bits per heavy atom. The lowest BCUT2D eigenvalue weighted by Gasteiger charge is -2.17. The maximum absolute atomic E-state index is 13.0. The molecule has 0 bridgehead atoms. The Kier molecular flexibility index (Phi) is 4.71. The Morgan fingerprint density at radius 2 is 2.12 bits per heavy atom. The first kappa shape index (κ1) is 12.9. The molecule has 90 valence electrons. The van der Waals surface area contributed by atoms with Crippen LogP contribution in [0.25, 0.3) is 0 Å². The van der Waals surface area contributed by atoms with Crippen molar-refractivity contribution in [1.82, 2.24) is 5.32 Å². The zero-order chi connectivity index (χ0) is 12.1. The number of hydrogen-bond acceptors (Lipinski definition) is 3. The molecule has 3 nitrogen and oxygen atoms in total. The predicted octanol–water partition coefficient (Wildman–Crippen LogP) is 1.95. The van der Waals surface area contributed by atoms with Crippen LogP contribution in [0.5, 0.6) is 5.75 Å². The Bertz CT molecular complexity index is 344. The van der Waals surface area contributed by atoms with Gasteiger partial charge in [-0.1, -0.05) is 6.92 Å². The Morgan fingerprint density at radius 1 is 1.44 bits per heavy atom. The minimum Gasteiger partial charge on any atom is -0.508 e. The molecule has 3 N–H and O–H groups in total. The summed E-state index contributed by atoms with van der Waals surface area (Å²) in [5, 5.41) is 22.0. The van der Waals surface area contributed by atoms with Gasteiger partial charge in [0.15, 0.2) is 0 Å². The summed E-state index contributed by atoms with van der Waals surface area (Å²) in [4.78, 5) is 0. The van der Waals surface area contributed by atoms with Crippen molar-refractivity contribution in [2.45, 2.75) is 32.4 Å². The average Bonchev–Trinajstić information content (AvgIpc) is 2.28. The lowest BCUT2D eigenvalue weighted by atomic mass is 10.1. The van der Waals surface area contributed by atoms with Gasteiger partial charge >= 0.3 is 0 Å². The van der Waals surface area contributed by atoms with Crippen molar-refractivity contribution >= 4 is 0 Å². The highest BCUT2D eigenvalue weighted by Gasteiger charge is 2.12. The van der Waals surface area contributed by atoms with E-state index in [4.69, 9.17) is 0 Å². The van der Waals surface area contributed by atoms with Gasteiger partial charge in [0.05, 0.1) is 6.10 Å². The zero-order valence-corrected chi connectivity index (χ0v) is 9.57. The quantitative estimate of drug-likeness (QED) is 0.720. The van der Waals surface area contributed by atoms with Gasteiger partial charge in [-0.2, -0.15) is 0 Å².